The summed E-state index contributed by atoms with van der Waals surface area (Å²) < 4.78 is 18.9. The van der Waals surface area contributed by atoms with Crippen molar-refractivity contribution in [2.45, 2.75) is 18.4 Å². The van der Waals surface area contributed by atoms with Crippen LogP contribution >= 0.6 is 11.8 Å². The predicted octanol–water partition coefficient (Wildman–Crippen LogP) is 6.75. The van der Waals surface area contributed by atoms with E-state index in [1.807, 2.05) is 43.6 Å². The molecule has 0 unspecified atom stereocenters. The van der Waals surface area contributed by atoms with E-state index >= 15 is 0 Å². The normalized spacial score (nSPS) is 13.7. The minimum Gasteiger partial charge on any atom is -0.379 e. The van der Waals surface area contributed by atoms with Crippen molar-refractivity contribution in [3.8, 4) is 11.1 Å². The van der Waals surface area contributed by atoms with Gasteiger partial charge in [0.15, 0.2) is 0 Å². The number of benzene rings is 3. The number of hydrogen-bond donors (Lipinski definition) is 2. The third-order valence-electron chi connectivity index (χ3n) is 6.72. The molecule has 0 radical (unpaired) electrons. The molecule has 0 aliphatic carbocycles. The Bertz CT molecular complexity index is 1440. The van der Waals surface area contributed by atoms with Crippen molar-refractivity contribution in [1.29, 1.82) is 0 Å². The molecule has 39 heavy (non-hydrogen) atoms. The fraction of sp³-hybridized carbons (Fsp3) is 0.226. The fourth-order valence-electron chi connectivity index (χ4n) is 4.50. The van der Waals surface area contributed by atoms with Gasteiger partial charge in [0.1, 0.15) is 11.6 Å². The van der Waals surface area contributed by atoms with E-state index in [-0.39, 0.29) is 11.7 Å². The molecule has 1 saturated heterocycles. The van der Waals surface area contributed by atoms with Crippen molar-refractivity contribution >= 4 is 34.9 Å². The molecule has 8 heteroatoms. The molecule has 1 fully saturated rings. The Morgan fingerprint density at radius 1 is 1.03 bits per heavy atom. The maximum absolute atomic E-state index is 13.4. The molecule has 1 amide bonds. The van der Waals surface area contributed by atoms with Crippen LogP contribution in [0.2, 0.25) is 0 Å². The van der Waals surface area contributed by atoms with Gasteiger partial charge in [-0.15, -0.1) is 11.8 Å². The lowest BCUT2D eigenvalue weighted by molar-refractivity contribution is 0.0342. The largest absolute Gasteiger partial charge is 0.379 e. The summed E-state index contributed by atoms with van der Waals surface area (Å²) in [6.07, 6.45) is 3.80. The fourth-order valence-corrected chi connectivity index (χ4v) is 5.05. The molecule has 2 heterocycles. The minimum absolute atomic E-state index is 0.158. The number of aromatic nitrogens is 1. The second-order valence-corrected chi connectivity index (χ2v) is 10.3. The number of rotatable bonds is 8. The lowest BCUT2D eigenvalue weighted by atomic mass is 10.1. The van der Waals surface area contributed by atoms with E-state index < -0.39 is 0 Å². The first kappa shape index (κ1) is 26.9. The van der Waals surface area contributed by atoms with Crippen molar-refractivity contribution in [3.05, 3.63) is 102 Å². The highest BCUT2D eigenvalue weighted by Gasteiger charge is 2.13. The van der Waals surface area contributed by atoms with Crippen LogP contribution in [-0.4, -0.2) is 48.4 Å². The van der Waals surface area contributed by atoms with Crippen LogP contribution < -0.4 is 10.6 Å². The molecule has 0 saturated carbocycles. The molecule has 2 N–H and O–H groups in total. The first-order chi connectivity index (χ1) is 19.0. The van der Waals surface area contributed by atoms with Gasteiger partial charge in [-0.25, -0.2) is 9.37 Å². The molecule has 4 aromatic rings. The maximum Gasteiger partial charge on any atom is 0.255 e. The van der Waals surface area contributed by atoms with Crippen LogP contribution in [0.1, 0.15) is 21.5 Å². The molecular formula is C31H31FN4O2S. The van der Waals surface area contributed by atoms with E-state index in [2.05, 4.69) is 32.7 Å². The first-order valence-electron chi connectivity index (χ1n) is 12.9. The summed E-state index contributed by atoms with van der Waals surface area (Å²) in [4.78, 5) is 20.9. The number of nitrogens with zero attached hydrogens (tertiary/aromatic N) is 2. The van der Waals surface area contributed by atoms with E-state index in [0.717, 1.165) is 71.4 Å². The van der Waals surface area contributed by atoms with Gasteiger partial charge < -0.3 is 15.4 Å². The van der Waals surface area contributed by atoms with Crippen molar-refractivity contribution in [2.75, 3.05) is 43.2 Å². The number of halogens is 1. The number of anilines is 3. The average Bonchev–Trinajstić information content (AvgIpc) is 2.96. The molecule has 6 nitrogen and oxygen atoms in total. The number of ether oxygens (including phenoxy) is 1. The van der Waals surface area contributed by atoms with Gasteiger partial charge in [0.25, 0.3) is 5.91 Å². The van der Waals surface area contributed by atoms with Gasteiger partial charge in [0.05, 0.1) is 13.2 Å². The van der Waals surface area contributed by atoms with Crippen LogP contribution in [0, 0.1) is 12.7 Å². The monoisotopic (exact) mass is 542 g/mol. The topological polar surface area (TPSA) is 66.5 Å². The van der Waals surface area contributed by atoms with Crippen LogP contribution in [0.3, 0.4) is 0 Å². The Morgan fingerprint density at radius 2 is 1.77 bits per heavy atom. The summed E-state index contributed by atoms with van der Waals surface area (Å²) in [5, 5.41) is 6.38. The second-order valence-electron chi connectivity index (χ2n) is 9.47. The molecule has 5 rings (SSSR count). The lowest BCUT2D eigenvalue weighted by Crippen LogP contribution is -2.35. The van der Waals surface area contributed by atoms with Gasteiger partial charge in [-0.2, -0.15) is 0 Å². The number of carbonyl (C=O) groups is 1. The van der Waals surface area contributed by atoms with Crippen LogP contribution in [0.4, 0.5) is 21.6 Å². The smallest absolute Gasteiger partial charge is 0.255 e. The zero-order valence-electron chi connectivity index (χ0n) is 22.0. The van der Waals surface area contributed by atoms with E-state index in [1.165, 1.54) is 12.1 Å². The Labute approximate surface area is 232 Å². The van der Waals surface area contributed by atoms with Crippen LogP contribution in [0.5, 0.6) is 0 Å². The third-order valence-corrected chi connectivity index (χ3v) is 7.49. The van der Waals surface area contributed by atoms with Crippen molar-refractivity contribution in [1.82, 2.24) is 9.88 Å². The summed E-state index contributed by atoms with van der Waals surface area (Å²) in [6.45, 7) is 6.18. The van der Waals surface area contributed by atoms with Gasteiger partial charge >= 0.3 is 0 Å². The Morgan fingerprint density at radius 3 is 2.49 bits per heavy atom. The molecule has 1 aliphatic heterocycles. The van der Waals surface area contributed by atoms with E-state index in [4.69, 9.17) is 4.74 Å². The average molecular weight is 543 g/mol. The van der Waals surface area contributed by atoms with Crippen LogP contribution in [-0.2, 0) is 11.3 Å². The van der Waals surface area contributed by atoms with Gasteiger partial charge in [-0.1, -0.05) is 24.3 Å². The van der Waals surface area contributed by atoms with Crippen LogP contribution in [0.25, 0.3) is 11.1 Å². The van der Waals surface area contributed by atoms with Crippen molar-refractivity contribution in [2.24, 2.45) is 0 Å². The first-order valence-corrected chi connectivity index (χ1v) is 14.1. The molecule has 1 aliphatic rings. The van der Waals surface area contributed by atoms with Gasteiger partial charge in [-0.05, 0) is 78.4 Å². The molecule has 200 valence electrons. The number of nitrogens with one attached hydrogen (secondary N) is 2. The summed E-state index contributed by atoms with van der Waals surface area (Å²) in [6, 6.07) is 21.9. The highest BCUT2D eigenvalue weighted by atomic mass is 32.2. The lowest BCUT2D eigenvalue weighted by Gasteiger charge is -2.26. The molecule has 3 aromatic carbocycles. The number of pyridine rings is 1. The number of carbonyl (C=O) groups excluding carboxylic acids is 1. The number of amides is 1. The maximum atomic E-state index is 13.4. The minimum atomic E-state index is -0.267. The summed E-state index contributed by atoms with van der Waals surface area (Å²) in [5.41, 5.74) is 6.27. The predicted molar refractivity (Wildman–Crippen MR) is 156 cm³/mol. The van der Waals surface area contributed by atoms with E-state index in [0.29, 0.717) is 11.4 Å². The van der Waals surface area contributed by atoms with Crippen molar-refractivity contribution < 1.29 is 13.9 Å². The Hall–Kier alpha value is -3.72. The molecule has 0 spiro atoms. The van der Waals surface area contributed by atoms with Gasteiger partial charge in [-0.3, -0.25) is 9.69 Å². The zero-order valence-corrected chi connectivity index (χ0v) is 22.9. The number of hydrogen-bond acceptors (Lipinski definition) is 6. The Balaban J connectivity index is 1.26. The highest BCUT2D eigenvalue weighted by Crippen LogP contribution is 2.32. The standard InChI is InChI=1S/C31H31FN4O2S/c1-21-3-4-22(20-36-13-15-38-16-14-36)17-28(21)35-31(37)24-7-11-26(12-8-24)34-30-18-27(29(39-2)19-33-30)23-5-9-25(32)10-6-23/h3-12,17-19H,13-16,20H2,1-2H3,(H,33,34)(H,35,37). The molecule has 0 atom stereocenters. The molecule has 0 bridgehead atoms. The van der Waals surface area contributed by atoms with E-state index in [9.17, 15) is 9.18 Å². The number of morpholine rings is 1. The third kappa shape index (κ3) is 6.84. The SMILES string of the molecule is CSc1cnc(Nc2ccc(C(=O)Nc3cc(CN4CCOCC4)ccc3C)cc2)cc1-c1ccc(F)cc1. The quantitative estimate of drug-likeness (QED) is 0.240. The molecule has 1 aromatic heterocycles. The van der Waals surface area contributed by atoms with Crippen LogP contribution in [0.15, 0.2) is 83.9 Å². The van der Waals surface area contributed by atoms with Gasteiger partial charge in [0, 0.05) is 53.2 Å². The van der Waals surface area contributed by atoms with Gasteiger partial charge in [0.2, 0.25) is 0 Å². The zero-order chi connectivity index (χ0) is 27.2. The summed E-state index contributed by atoms with van der Waals surface area (Å²) in [7, 11) is 0. The van der Waals surface area contributed by atoms with E-state index in [1.54, 1.807) is 36.0 Å². The second kappa shape index (κ2) is 12.4. The number of aryl methyl sites for hydroxylation is 1. The summed E-state index contributed by atoms with van der Waals surface area (Å²) in [5.74, 6) is 0.239. The highest BCUT2D eigenvalue weighted by molar-refractivity contribution is 7.98. The molecular weight excluding hydrogens is 511 g/mol. The summed E-state index contributed by atoms with van der Waals surface area (Å²) >= 11 is 1.59. The van der Waals surface area contributed by atoms with Crippen molar-refractivity contribution in [3.63, 3.8) is 0 Å². The Kier molecular flexibility index (Phi) is 8.56. The number of thioether (sulfide) groups is 1.